The maximum atomic E-state index is 13.5. The molecule has 0 heterocycles. The quantitative estimate of drug-likeness (QED) is 0.850. The van der Waals surface area contributed by atoms with E-state index in [0.29, 0.717) is 6.61 Å². The van der Waals surface area contributed by atoms with Gasteiger partial charge in [-0.3, -0.25) is 0 Å². The van der Waals surface area contributed by atoms with Gasteiger partial charge in [-0.25, -0.2) is 8.78 Å². The van der Waals surface area contributed by atoms with Gasteiger partial charge in [-0.1, -0.05) is 19.9 Å². The average Bonchev–Trinajstić information content (AvgIpc) is 2.30. The average molecular weight is 257 g/mol. The Hall–Kier alpha value is -1.00. The lowest BCUT2D eigenvalue weighted by Crippen LogP contribution is -2.42. The summed E-state index contributed by atoms with van der Waals surface area (Å²) in [5.41, 5.74) is 6.05. The van der Waals surface area contributed by atoms with Crippen molar-refractivity contribution in [1.29, 1.82) is 0 Å². The van der Waals surface area contributed by atoms with Crippen molar-refractivity contribution in [3.05, 3.63) is 35.4 Å². The lowest BCUT2D eigenvalue weighted by Gasteiger charge is -2.27. The molecule has 0 spiro atoms. The standard InChI is InChI=1S/C14H21F2NO/c1-4-18-14(9(2)3)13(17)8-10-11(15)6-5-7-12(10)16/h5-7,9,13-14H,4,8,17H2,1-3H3. The Kier molecular flexibility index (Phi) is 5.69. The molecule has 1 aromatic carbocycles. The highest BCUT2D eigenvalue weighted by atomic mass is 19.1. The Labute approximate surface area is 107 Å². The Bertz CT molecular complexity index is 362. The molecule has 2 N–H and O–H groups in total. The van der Waals surface area contributed by atoms with Crippen LogP contribution in [-0.4, -0.2) is 18.8 Å². The maximum absolute atomic E-state index is 13.5. The van der Waals surface area contributed by atoms with E-state index in [1.807, 2.05) is 20.8 Å². The molecule has 0 amide bonds. The Morgan fingerprint density at radius 1 is 1.22 bits per heavy atom. The van der Waals surface area contributed by atoms with Crippen LogP contribution in [-0.2, 0) is 11.2 Å². The van der Waals surface area contributed by atoms with Crippen molar-refractivity contribution in [2.24, 2.45) is 11.7 Å². The van der Waals surface area contributed by atoms with Crippen LogP contribution >= 0.6 is 0 Å². The van der Waals surface area contributed by atoms with Gasteiger partial charge in [-0.15, -0.1) is 0 Å². The fraction of sp³-hybridized carbons (Fsp3) is 0.571. The van der Waals surface area contributed by atoms with Crippen molar-refractivity contribution in [3.63, 3.8) is 0 Å². The summed E-state index contributed by atoms with van der Waals surface area (Å²) in [5.74, 6) is -0.899. The lowest BCUT2D eigenvalue weighted by molar-refractivity contribution is 0.0124. The van der Waals surface area contributed by atoms with Crippen molar-refractivity contribution in [1.82, 2.24) is 0 Å². The van der Waals surface area contributed by atoms with Crippen LogP contribution in [0, 0.1) is 17.6 Å². The summed E-state index contributed by atoms with van der Waals surface area (Å²) in [4.78, 5) is 0. The molecule has 0 aliphatic heterocycles. The molecule has 18 heavy (non-hydrogen) atoms. The van der Waals surface area contributed by atoms with Gasteiger partial charge in [-0.2, -0.15) is 0 Å². The van der Waals surface area contributed by atoms with Gasteiger partial charge in [0, 0.05) is 18.2 Å². The number of hydrogen-bond donors (Lipinski definition) is 1. The van der Waals surface area contributed by atoms with Crippen molar-refractivity contribution in [3.8, 4) is 0 Å². The van der Waals surface area contributed by atoms with E-state index in [1.165, 1.54) is 18.2 Å². The number of halogens is 2. The summed E-state index contributed by atoms with van der Waals surface area (Å²) < 4.78 is 32.6. The second kappa shape index (κ2) is 6.81. The molecule has 0 bridgehead atoms. The zero-order valence-corrected chi connectivity index (χ0v) is 11.1. The minimum atomic E-state index is -0.551. The van der Waals surface area contributed by atoms with Gasteiger partial charge >= 0.3 is 0 Å². The number of nitrogens with two attached hydrogens (primary N) is 1. The largest absolute Gasteiger partial charge is 0.377 e. The van der Waals surface area contributed by atoms with Crippen LogP contribution < -0.4 is 5.73 Å². The van der Waals surface area contributed by atoms with E-state index in [2.05, 4.69) is 0 Å². The third kappa shape index (κ3) is 3.75. The second-order valence-electron chi connectivity index (χ2n) is 4.73. The molecular formula is C14H21F2NO. The predicted octanol–water partition coefficient (Wildman–Crippen LogP) is 2.90. The molecule has 0 aliphatic rings. The van der Waals surface area contributed by atoms with Crippen LogP contribution in [0.1, 0.15) is 26.3 Å². The van der Waals surface area contributed by atoms with Crippen molar-refractivity contribution in [2.45, 2.75) is 39.3 Å². The zero-order valence-electron chi connectivity index (χ0n) is 11.1. The first-order valence-corrected chi connectivity index (χ1v) is 6.27. The van der Waals surface area contributed by atoms with Gasteiger partial charge in [0.15, 0.2) is 0 Å². The van der Waals surface area contributed by atoms with Crippen molar-refractivity contribution < 1.29 is 13.5 Å². The first-order valence-electron chi connectivity index (χ1n) is 6.27. The molecule has 4 heteroatoms. The molecule has 0 radical (unpaired) electrons. The predicted molar refractivity (Wildman–Crippen MR) is 68.3 cm³/mol. The molecule has 2 atom stereocenters. The monoisotopic (exact) mass is 257 g/mol. The summed E-state index contributed by atoms with van der Waals surface area (Å²) >= 11 is 0. The van der Waals surface area contributed by atoms with Crippen LogP contribution in [0.5, 0.6) is 0 Å². The van der Waals surface area contributed by atoms with Crippen LogP contribution in [0.4, 0.5) is 8.78 Å². The minimum absolute atomic E-state index is 0.0374. The molecule has 0 saturated carbocycles. The summed E-state index contributed by atoms with van der Waals surface area (Å²) in [5, 5.41) is 0. The van der Waals surface area contributed by atoms with E-state index in [1.54, 1.807) is 0 Å². The third-order valence-electron chi connectivity index (χ3n) is 2.94. The summed E-state index contributed by atoms with van der Waals surface area (Å²) in [7, 11) is 0. The Morgan fingerprint density at radius 2 is 1.78 bits per heavy atom. The fourth-order valence-corrected chi connectivity index (χ4v) is 2.08. The molecule has 0 aliphatic carbocycles. The van der Waals surface area contributed by atoms with Crippen molar-refractivity contribution >= 4 is 0 Å². The zero-order chi connectivity index (χ0) is 13.7. The minimum Gasteiger partial charge on any atom is -0.377 e. The molecule has 1 aromatic rings. The van der Waals surface area contributed by atoms with Crippen LogP contribution in [0.2, 0.25) is 0 Å². The number of benzene rings is 1. The van der Waals surface area contributed by atoms with E-state index in [0.717, 1.165) is 0 Å². The molecule has 0 fully saturated rings. The summed E-state index contributed by atoms with van der Waals surface area (Å²) in [6.07, 6.45) is -0.0598. The first kappa shape index (κ1) is 15.1. The van der Waals surface area contributed by atoms with E-state index in [-0.39, 0.29) is 24.0 Å². The Balaban J connectivity index is 2.82. The number of rotatable bonds is 6. The molecule has 2 unspecified atom stereocenters. The third-order valence-corrected chi connectivity index (χ3v) is 2.94. The highest BCUT2D eigenvalue weighted by Gasteiger charge is 2.24. The van der Waals surface area contributed by atoms with Gasteiger partial charge in [0.1, 0.15) is 11.6 Å². The normalized spacial score (nSPS) is 14.8. The van der Waals surface area contributed by atoms with Gasteiger partial charge in [-0.05, 0) is 31.4 Å². The Morgan fingerprint density at radius 3 is 2.22 bits per heavy atom. The molecule has 0 saturated heterocycles. The highest BCUT2D eigenvalue weighted by Crippen LogP contribution is 2.18. The highest BCUT2D eigenvalue weighted by molar-refractivity contribution is 5.21. The molecule has 2 nitrogen and oxygen atoms in total. The van der Waals surface area contributed by atoms with E-state index in [9.17, 15) is 8.78 Å². The molecular weight excluding hydrogens is 236 g/mol. The number of hydrogen-bond acceptors (Lipinski definition) is 2. The summed E-state index contributed by atoms with van der Waals surface area (Å²) in [6, 6.07) is 3.42. The number of ether oxygens (including phenoxy) is 1. The van der Waals surface area contributed by atoms with E-state index in [4.69, 9.17) is 10.5 Å². The van der Waals surface area contributed by atoms with Gasteiger partial charge in [0.2, 0.25) is 0 Å². The van der Waals surface area contributed by atoms with Crippen LogP contribution in [0.15, 0.2) is 18.2 Å². The second-order valence-corrected chi connectivity index (χ2v) is 4.73. The van der Waals surface area contributed by atoms with E-state index >= 15 is 0 Å². The molecule has 1 rings (SSSR count). The van der Waals surface area contributed by atoms with E-state index < -0.39 is 17.7 Å². The van der Waals surface area contributed by atoms with Gasteiger partial charge in [0.25, 0.3) is 0 Å². The van der Waals surface area contributed by atoms with Gasteiger partial charge in [0.05, 0.1) is 6.10 Å². The lowest BCUT2D eigenvalue weighted by atomic mass is 9.94. The molecule has 102 valence electrons. The molecule has 0 aromatic heterocycles. The van der Waals surface area contributed by atoms with Crippen LogP contribution in [0.3, 0.4) is 0 Å². The van der Waals surface area contributed by atoms with Gasteiger partial charge < -0.3 is 10.5 Å². The topological polar surface area (TPSA) is 35.2 Å². The van der Waals surface area contributed by atoms with Crippen LogP contribution in [0.25, 0.3) is 0 Å². The fourth-order valence-electron chi connectivity index (χ4n) is 2.08. The maximum Gasteiger partial charge on any atom is 0.129 e. The SMILES string of the molecule is CCOC(C(C)C)C(N)Cc1c(F)cccc1F. The smallest absolute Gasteiger partial charge is 0.129 e. The first-order chi connectivity index (χ1) is 8.47. The van der Waals surface area contributed by atoms with Crippen molar-refractivity contribution in [2.75, 3.05) is 6.61 Å². The summed E-state index contributed by atoms with van der Waals surface area (Å²) in [6.45, 7) is 6.39.